The Kier molecular flexibility index (Phi) is 4.70. The lowest BCUT2D eigenvalue weighted by Crippen LogP contribution is -2.34. The van der Waals surface area contributed by atoms with Gasteiger partial charge in [0, 0.05) is 29.4 Å². The van der Waals surface area contributed by atoms with Crippen molar-refractivity contribution in [3.05, 3.63) is 115 Å². The summed E-state index contributed by atoms with van der Waals surface area (Å²) in [5.74, 6) is 0. The molecule has 6 aromatic rings. The molecule has 0 aliphatic heterocycles. The molecule has 1 aromatic heterocycles. The Bertz CT molecular complexity index is 1640. The smallest absolute Gasteiger partial charge is 0.247 e. The lowest BCUT2D eigenvalue weighted by Gasteiger charge is -2.15. The molecule has 4 N–H and O–H groups in total. The number of benzene rings is 5. The van der Waals surface area contributed by atoms with Gasteiger partial charge in [-0.1, -0.05) is 78.9 Å². The standard InChI is InChI=1S/C30H22N4/c31-22-16-17-25-27(18-22)34(23-14-8-3-9-15-23)30-26(33-25)19-24(20-10-4-1-5-11-20)29(32)28(30)21-12-6-2-7-13-21/h1-19H,(H3,31,32)/p+1. The first-order valence-corrected chi connectivity index (χ1v) is 11.2. The van der Waals surface area contributed by atoms with Crippen molar-refractivity contribution in [1.29, 1.82) is 0 Å². The van der Waals surface area contributed by atoms with E-state index in [2.05, 4.69) is 47.0 Å². The number of anilines is 2. The van der Waals surface area contributed by atoms with E-state index >= 15 is 0 Å². The number of rotatable bonds is 3. The average molecular weight is 440 g/mol. The summed E-state index contributed by atoms with van der Waals surface area (Å²) in [6, 6.07) is 38.7. The third-order valence-electron chi connectivity index (χ3n) is 6.19. The van der Waals surface area contributed by atoms with Crippen molar-refractivity contribution in [1.82, 2.24) is 4.98 Å². The molecule has 0 aliphatic rings. The van der Waals surface area contributed by atoms with Crippen LogP contribution in [0.15, 0.2) is 115 Å². The Labute approximate surface area is 197 Å². The van der Waals surface area contributed by atoms with Crippen LogP contribution >= 0.6 is 0 Å². The van der Waals surface area contributed by atoms with Gasteiger partial charge >= 0.3 is 0 Å². The quantitative estimate of drug-likeness (QED) is 0.197. The number of nitrogens with two attached hydrogens (primary N) is 2. The number of fused-ring (bicyclic) bond motifs is 2. The van der Waals surface area contributed by atoms with E-state index in [-0.39, 0.29) is 0 Å². The molecule has 0 radical (unpaired) electrons. The number of hydrogen-bond acceptors (Lipinski definition) is 3. The number of para-hydroxylation sites is 1. The van der Waals surface area contributed by atoms with Crippen LogP contribution in [0.3, 0.4) is 0 Å². The zero-order chi connectivity index (χ0) is 23.1. The van der Waals surface area contributed by atoms with Crippen LogP contribution in [0.2, 0.25) is 0 Å². The van der Waals surface area contributed by atoms with E-state index in [4.69, 9.17) is 16.5 Å². The summed E-state index contributed by atoms with van der Waals surface area (Å²) in [4.78, 5) is 5.09. The molecule has 4 nitrogen and oxygen atoms in total. The third kappa shape index (κ3) is 3.24. The second-order valence-electron chi connectivity index (χ2n) is 8.34. The van der Waals surface area contributed by atoms with Crippen LogP contribution in [0, 0.1) is 0 Å². The lowest BCUT2D eigenvalue weighted by molar-refractivity contribution is -0.537. The first kappa shape index (κ1) is 19.9. The first-order chi connectivity index (χ1) is 16.7. The minimum atomic E-state index is 0.688. The fourth-order valence-electron chi connectivity index (χ4n) is 4.65. The molecule has 34 heavy (non-hydrogen) atoms. The van der Waals surface area contributed by atoms with Crippen LogP contribution < -0.4 is 16.0 Å². The maximum atomic E-state index is 6.97. The highest BCUT2D eigenvalue weighted by Gasteiger charge is 2.27. The second kappa shape index (κ2) is 8.01. The number of nitrogen functional groups attached to an aromatic ring is 2. The molecule has 1 heterocycles. The number of aromatic nitrogens is 2. The van der Waals surface area contributed by atoms with Crippen LogP contribution in [0.5, 0.6) is 0 Å². The largest absolute Gasteiger partial charge is 0.399 e. The van der Waals surface area contributed by atoms with Crippen molar-refractivity contribution in [3.8, 4) is 27.9 Å². The zero-order valence-electron chi connectivity index (χ0n) is 18.5. The normalized spacial score (nSPS) is 11.2. The summed E-state index contributed by atoms with van der Waals surface area (Å²) in [5.41, 5.74) is 23.3. The molecule has 0 saturated carbocycles. The maximum Gasteiger partial charge on any atom is 0.247 e. The van der Waals surface area contributed by atoms with Crippen molar-refractivity contribution in [2.75, 3.05) is 11.5 Å². The summed E-state index contributed by atoms with van der Waals surface area (Å²) < 4.78 is 2.22. The molecule has 4 heteroatoms. The monoisotopic (exact) mass is 439 g/mol. The molecule has 0 amide bonds. The maximum absolute atomic E-state index is 6.97. The Morgan fingerprint density at radius 1 is 0.588 bits per heavy atom. The van der Waals surface area contributed by atoms with Gasteiger partial charge in [-0.2, -0.15) is 0 Å². The molecule has 0 atom stereocenters. The second-order valence-corrected chi connectivity index (χ2v) is 8.34. The van der Waals surface area contributed by atoms with Crippen LogP contribution in [0.25, 0.3) is 50.0 Å². The highest BCUT2D eigenvalue weighted by molar-refractivity contribution is 6.04. The highest BCUT2D eigenvalue weighted by Crippen LogP contribution is 2.40. The van der Waals surface area contributed by atoms with Gasteiger partial charge in [0.25, 0.3) is 0 Å². The van der Waals surface area contributed by atoms with Gasteiger partial charge in [-0.25, -0.2) is 4.98 Å². The number of hydrogen-bond donors (Lipinski definition) is 2. The van der Waals surface area contributed by atoms with E-state index in [9.17, 15) is 0 Å². The number of nitrogens with zero attached hydrogens (tertiary/aromatic N) is 2. The summed E-state index contributed by atoms with van der Waals surface area (Å²) in [6.45, 7) is 0. The summed E-state index contributed by atoms with van der Waals surface area (Å²) in [7, 11) is 0. The minimum absolute atomic E-state index is 0.688. The Balaban J connectivity index is 1.86. The average Bonchev–Trinajstić information content (AvgIpc) is 2.89. The lowest BCUT2D eigenvalue weighted by atomic mass is 9.94. The van der Waals surface area contributed by atoms with Gasteiger partial charge in [-0.15, -0.1) is 4.57 Å². The molecule has 0 saturated heterocycles. The van der Waals surface area contributed by atoms with E-state index in [1.807, 2.05) is 72.8 Å². The molecule has 5 aromatic carbocycles. The molecule has 0 spiro atoms. The van der Waals surface area contributed by atoms with Crippen molar-refractivity contribution in [3.63, 3.8) is 0 Å². The van der Waals surface area contributed by atoms with E-state index in [1.165, 1.54) is 0 Å². The van der Waals surface area contributed by atoms with Crippen molar-refractivity contribution >= 4 is 33.4 Å². The van der Waals surface area contributed by atoms with Gasteiger partial charge in [0.2, 0.25) is 16.7 Å². The van der Waals surface area contributed by atoms with Crippen molar-refractivity contribution < 1.29 is 4.57 Å². The Hall–Kier alpha value is -4.70. The van der Waals surface area contributed by atoms with Gasteiger partial charge < -0.3 is 11.5 Å². The van der Waals surface area contributed by atoms with Crippen LogP contribution in [0.4, 0.5) is 11.4 Å². The summed E-state index contributed by atoms with van der Waals surface area (Å²) in [6.07, 6.45) is 0. The van der Waals surface area contributed by atoms with Crippen LogP contribution in [0.1, 0.15) is 0 Å². The fourth-order valence-corrected chi connectivity index (χ4v) is 4.65. The van der Waals surface area contributed by atoms with Crippen LogP contribution in [-0.2, 0) is 0 Å². The fraction of sp³-hybridized carbons (Fsp3) is 0. The SMILES string of the molecule is Nc1ccc2nc3cc(-c4ccccc4)c(N)c(-c4ccccc4)c3[n+](-c3ccccc3)c2c1. The zero-order valence-corrected chi connectivity index (χ0v) is 18.5. The van der Waals surface area contributed by atoms with E-state index < -0.39 is 0 Å². The summed E-state index contributed by atoms with van der Waals surface area (Å²) >= 11 is 0. The highest BCUT2D eigenvalue weighted by atomic mass is 15.0. The van der Waals surface area contributed by atoms with Gasteiger partial charge in [0.05, 0.1) is 11.3 Å². The molecule has 0 unspecified atom stereocenters. The van der Waals surface area contributed by atoms with E-state index in [0.29, 0.717) is 5.69 Å². The third-order valence-corrected chi connectivity index (χ3v) is 6.19. The Morgan fingerprint density at radius 2 is 1.21 bits per heavy atom. The molecule has 162 valence electrons. The molecular weight excluding hydrogens is 416 g/mol. The van der Waals surface area contributed by atoms with Gasteiger partial charge in [-0.05, 0) is 29.3 Å². The predicted molar refractivity (Wildman–Crippen MR) is 140 cm³/mol. The Morgan fingerprint density at radius 3 is 1.88 bits per heavy atom. The summed E-state index contributed by atoms with van der Waals surface area (Å²) in [5, 5.41) is 0. The first-order valence-electron chi connectivity index (χ1n) is 11.2. The van der Waals surface area contributed by atoms with Crippen LogP contribution in [-0.4, -0.2) is 4.98 Å². The van der Waals surface area contributed by atoms with E-state index in [1.54, 1.807) is 0 Å². The molecule has 6 rings (SSSR count). The predicted octanol–water partition coefficient (Wildman–Crippen LogP) is 6.16. The topological polar surface area (TPSA) is 68.8 Å². The van der Waals surface area contributed by atoms with E-state index in [0.717, 1.165) is 55.7 Å². The van der Waals surface area contributed by atoms with Gasteiger partial charge in [0.15, 0.2) is 0 Å². The minimum Gasteiger partial charge on any atom is -0.399 e. The molecule has 0 bridgehead atoms. The molecule has 0 fully saturated rings. The van der Waals surface area contributed by atoms with Crippen molar-refractivity contribution in [2.24, 2.45) is 0 Å². The molecular formula is C30H23N4+. The van der Waals surface area contributed by atoms with Crippen molar-refractivity contribution in [2.45, 2.75) is 0 Å². The van der Waals surface area contributed by atoms with Gasteiger partial charge in [0.1, 0.15) is 11.0 Å². The van der Waals surface area contributed by atoms with Gasteiger partial charge in [-0.3, -0.25) is 0 Å². The molecule has 0 aliphatic carbocycles.